The minimum atomic E-state index is -3.38. The summed E-state index contributed by atoms with van der Waals surface area (Å²) >= 11 is 0. The van der Waals surface area contributed by atoms with Gasteiger partial charge in [0, 0.05) is 50.1 Å². The molecule has 35 heavy (non-hydrogen) atoms. The highest BCUT2D eigenvalue weighted by atomic mass is 32.2. The van der Waals surface area contributed by atoms with Gasteiger partial charge >= 0.3 is 0 Å². The third-order valence-electron chi connectivity index (χ3n) is 6.29. The first-order valence-electron chi connectivity index (χ1n) is 11.5. The van der Waals surface area contributed by atoms with Gasteiger partial charge in [0.05, 0.1) is 11.4 Å². The monoisotopic (exact) mass is 493 g/mol. The Labute approximate surface area is 203 Å². The quantitative estimate of drug-likeness (QED) is 0.428. The number of fused-ring (bicyclic) bond motifs is 1. The maximum Gasteiger partial charge on any atom is 0.225 e. The van der Waals surface area contributed by atoms with Gasteiger partial charge in [-0.15, -0.1) is 10.2 Å². The van der Waals surface area contributed by atoms with E-state index in [1.54, 1.807) is 19.2 Å². The molecule has 5 heterocycles. The van der Waals surface area contributed by atoms with E-state index in [-0.39, 0.29) is 10.9 Å². The van der Waals surface area contributed by atoms with Crippen LogP contribution in [0.25, 0.3) is 5.65 Å². The zero-order valence-electron chi connectivity index (χ0n) is 19.9. The number of pyridine rings is 1. The van der Waals surface area contributed by atoms with Crippen molar-refractivity contribution >= 4 is 32.9 Å². The minimum absolute atomic E-state index is 0.0366. The van der Waals surface area contributed by atoms with E-state index >= 15 is 0 Å². The normalized spacial score (nSPS) is 15.0. The molecule has 0 amide bonds. The molecule has 1 aliphatic heterocycles. The van der Waals surface area contributed by atoms with Crippen molar-refractivity contribution in [2.75, 3.05) is 29.6 Å². The van der Waals surface area contributed by atoms with Gasteiger partial charge in [-0.1, -0.05) is 6.92 Å². The predicted molar refractivity (Wildman–Crippen MR) is 132 cm³/mol. The molecular weight excluding hydrogens is 466 g/mol. The van der Waals surface area contributed by atoms with Crippen molar-refractivity contribution in [2.45, 2.75) is 44.1 Å². The Morgan fingerprint density at radius 3 is 2.49 bits per heavy atom. The second-order valence-electron chi connectivity index (χ2n) is 8.71. The second-order valence-corrected chi connectivity index (χ2v) is 10.7. The van der Waals surface area contributed by atoms with Crippen LogP contribution in [0.3, 0.4) is 0 Å². The summed E-state index contributed by atoms with van der Waals surface area (Å²) in [5, 5.41) is 12.2. The number of nitrogens with one attached hydrogen (secondary N) is 1. The Kier molecular flexibility index (Phi) is 6.05. The lowest BCUT2D eigenvalue weighted by Crippen LogP contribution is -2.34. The highest BCUT2D eigenvalue weighted by Crippen LogP contribution is 2.30. The molecule has 1 aliphatic rings. The maximum absolute atomic E-state index is 11.8. The maximum atomic E-state index is 11.8. The minimum Gasteiger partial charge on any atom is -0.341 e. The molecule has 0 aromatic carbocycles. The second kappa shape index (κ2) is 9.17. The Bertz CT molecular complexity index is 1460. The van der Waals surface area contributed by atoms with Crippen LogP contribution in [-0.4, -0.2) is 62.3 Å². The average Bonchev–Trinajstić information content (AvgIpc) is 3.30. The summed E-state index contributed by atoms with van der Waals surface area (Å²) < 4.78 is 25.5. The molecule has 0 saturated carbocycles. The van der Waals surface area contributed by atoms with E-state index in [0.717, 1.165) is 55.9 Å². The van der Waals surface area contributed by atoms with Crippen LogP contribution in [0.15, 0.2) is 41.9 Å². The third-order valence-corrected chi connectivity index (χ3v) is 7.28. The summed E-state index contributed by atoms with van der Waals surface area (Å²) in [6, 6.07) is 3.17. The zero-order chi connectivity index (χ0) is 24.6. The lowest BCUT2D eigenvalue weighted by Gasteiger charge is -2.31. The molecular formula is C23H27N9O2S. The van der Waals surface area contributed by atoms with Gasteiger partial charge < -0.3 is 10.2 Å². The Morgan fingerprint density at radius 1 is 1.09 bits per heavy atom. The van der Waals surface area contributed by atoms with E-state index in [4.69, 9.17) is 0 Å². The molecule has 0 radical (unpaired) electrons. The van der Waals surface area contributed by atoms with Gasteiger partial charge in [-0.25, -0.2) is 28.4 Å². The van der Waals surface area contributed by atoms with Crippen molar-refractivity contribution < 1.29 is 8.42 Å². The van der Waals surface area contributed by atoms with Crippen molar-refractivity contribution in [3.05, 3.63) is 54.0 Å². The molecule has 0 unspecified atom stereocenters. The van der Waals surface area contributed by atoms with E-state index < -0.39 is 9.84 Å². The van der Waals surface area contributed by atoms with Gasteiger partial charge in [0.15, 0.2) is 20.7 Å². The van der Waals surface area contributed by atoms with Gasteiger partial charge in [-0.2, -0.15) is 0 Å². The highest BCUT2D eigenvalue weighted by molar-refractivity contribution is 7.90. The third kappa shape index (κ3) is 4.65. The lowest BCUT2D eigenvalue weighted by atomic mass is 9.96. The summed E-state index contributed by atoms with van der Waals surface area (Å²) in [5.74, 6) is 2.46. The lowest BCUT2D eigenvalue weighted by molar-refractivity contribution is 0.477. The number of sulfone groups is 1. The summed E-state index contributed by atoms with van der Waals surface area (Å²) in [5.41, 5.74) is 2.95. The summed E-state index contributed by atoms with van der Waals surface area (Å²) in [7, 11) is -3.38. The summed E-state index contributed by atoms with van der Waals surface area (Å²) in [4.78, 5) is 19.9. The van der Waals surface area contributed by atoms with Crippen LogP contribution < -0.4 is 10.2 Å². The van der Waals surface area contributed by atoms with Crippen molar-refractivity contribution in [3.63, 3.8) is 0 Å². The van der Waals surface area contributed by atoms with Crippen LogP contribution in [0, 0.1) is 6.92 Å². The average molecular weight is 494 g/mol. The van der Waals surface area contributed by atoms with Crippen LogP contribution in [0.4, 0.5) is 17.5 Å². The van der Waals surface area contributed by atoms with Crippen LogP contribution in [0.5, 0.6) is 0 Å². The van der Waals surface area contributed by atoms with Gasteiger partial charge in [0.1, 0.15) is 5.82 Å². The van der Waals surface area contributed by atoms with E-state index in [0.29, 0.717) is 22.8 Å². The fourth-order valence-electron chi connectivity index (χ4n) is 4.25. The zero-order valence-corrected chi connectivity index (χ0v) is 20.7. The molecule has 11 nitrogen and oxygen atoms in total. The summed E-state index contributed by atoms with van der Waals surface area (Å²) in [6.07, 6.45) is 11.3. The molecule has 0 spiro atoms. The number of anilines is 3. The van der Waals surface area contributed by atoms with Gasteiger partial charge in [0.25, 0.3) is 0 Å². The number of nitrogens with zero attached hydrogens (tertiary/aromatic N) is 8. The Morgan fingerprint density at radius 2 is 1.83 bits per heavy atom. The molecule has 1 fully saturated rings. The first kappa shape index (κ1) is 23.1. The Balaban J connectivity index is 1.34. The van der Waals surface area contributed by atoms with Crippen LogP contribution in [0.2, 0.25) is 0 Å². The first-order valence-corrected chi connectivity index (χ1v) is 13.4. The van der Waals surface area contributed by atoms with E-state index in [1.807, 2.05) is 23.0 Å². The van der Waals surface area contributed by atoms with Gasteiger partial charge in [-0.3, -0.25) is 4.40 Å². The molecule has 5 rings (SSSR count). The number of aryl methyl sites for hydroxylation is 2. The van der Waals surface area contributed by atoms with Crippen molar-refractivity contribution in [3.8, 4) is 0 Å². The summed E-state index contributed by atoms with van der Waals surface area (Å²) in [6.45, 7) is 5.53. The van der Waals surface area contributed by atoms with Gasteiger partial charge in [-0.05, 0) is 43.9 Å². The van der Waals surface area contributed by atoms with E-state index in [1.165, 1.54) is 6.07 Å². The smallest absolute Gasteiger partial charge is 0.225 e. The fraction of sp³-hybridized carbons (Fsp3) is 0.391. The molecule has 0 bridgehead atoms. The Hall–Kier alpha value is -3.67. The van der Waals surface area contributed by atoms with Crippen molar-refractivity contribution in [1.82, 2.24) is 34.5 Å². The van der Waals surface area contributed by atoms with Gasteiger partial charge in [0.2, 0.25) is 11.6 Å². The number of rotatable bonds is 6. The largest absolute Gasteiger partial charge is 0.341 e. The molecule has 12 heteroatoms. The van der Waals surface area contributed by atoms with Crippen molar-refractivity contribution in [1.29, 1.82) is 0 Å². The number of hydrogen-bond acceptors (Lipinski definition) is 10. The molecule has 4 aromatic rings. The van der Waals surface area contributed by atoms with Crippen LogP contribution in [0.1, 0.15) is 42.8 Å². The van der Waals surface area contributed by atoms with Crippen LogP contribution in [-0.2, 0) is 16.3 Å². The molecule has 0 aliphatic carbocycles. The standard InChI is InChI=1S/C23H27N9O2S/c1-4-16-13-25-23(26-14-16)31-10-7-17(8-11-31)21-29-30-22-20(24-9-12-32(21)22)28-18-5-6-19(27-15(18)2)35(3,33)34/h5-6,9,12-14,17H,4,7-8,10-11H2,1-3H3,(H,24,28). The fourth-order valence-corrected chi connectivity index (χ4v) is 4.86. The number of aromatic nitrogens is 7. The topological polar surface area (TPSA) is 131 Å². The highest BCUT2D eigenvalue weighted by Gasteiger charge is 2.26. The molecule has 4 aromatic heterocycles. The number of hydrogen-bond donors (Lipinski definition) is 1. The number of piperidine rings is 1. The molecule has 1 N–H and O–H groups in total. The van der Waals surface area contributed by atoms with Crippen LogP contribution >= 0.6 is 0 Å². The molecule has 182 valence electrons. The van der Waals surface area contributed by atoms with Crippen molar-refractivity contribution in [2.24, 2.45) is 0 Å². The SMILES string of the molecule is CCc1cnc(N2CCC(c3nnc4c(Nc5ccc(S(C)(=O)=O)nc5C)nccn34)CC2)nc1. The van der Waals surface area contributed by atoms with E-state index in [9.17, 15) is 8.42 Å². The first-order chi connectivity index (χ1) is 16.8. The predicted octanol–water partition coefficient (Wildman–Crippen LogP) is 2.71. The molecule has 0 atom stereocenters. The van der Waals surface area contributed by atoms with E-state index in [2.05, 4.69) is 47.3 Å². The molecule has 1 saturated heterocycles.